The van der Waals surface area contributed by atoms with Gasteiger partial charge in [-0.05, 0) is 51.0 Å². The first kappa shape index (κ1) is 21.3. The van der Waals surface area contributed by atoms with Crippen LogP contribution in [0.4, 0.5) is 0 Å². The van der Waals surface area contributed by atoms with Gasteiger partial charge in [-0.1, -0.05) is 30.3 Å². The highest BCUT2D eigenvalue weighted by molar-refractivity contribution is 7.88. The van der Waals surface area contributed by atoms with E-state index in [0.29, 0.717) is 39.0 Å². The number of sulfonamides is 1. The summed E-state index contributed by atoms with van der Waals surface area (Å²) in [6.45, 7) is 3.58. The average Bonchev–Trinajstić information content (AvgIpc) is 2.70. The lowest BCUT2D eigenvalue weighted by molar-refractivity contribution is -0.162. The molecule has 28 heavy (non-hydrogen) atoms. The van der Waals surface area contributed by atoms with E-state index in [1.165, 1.54) is 4.31 Å². The van der Waals surface area contributed by atoms with Gasteiger partial charge in [-0.3, -0.25) is 4.79 Å². The molecule has 2 aliphatic heterocycles. The van der Waals surface area contributed by atoms with Crippen molar-refractivity contribution in [1.82, 2.24) is 4.31 Å². The number of esters is 1. The van der Waals surface area contributed by atoms with Crippen molar-refractivity contribution in [1.29, 1.82) is 0 Å². The normalized spacial score (nSPS) is 23.2. The second-order valence-corrected chi connectivity index (χ2v) is 9.80. The molecule has 0 aliphatic carbocycles. The lowest BCUT2D eigenvalue weighted by Crippen LogP contribution is -2.49. The zero-order valence-electron chi connectivity index (χ0n) is 16.6. The third-order valence-electron chi connectivity index (χ3n) is 5.87. The molecule has 6 nitrogen and oxygen atoms in total. The molecule has 2 aliphatic rings. The summed E-state index contributed by atoms with van der Waals surface area (Å²) in [6, 6.07) is 9.21. The van der Waals surface area contributed by atoms with Crippen molar-refractivity contribution in [3.05, 3.63) is 35.9 Å². The van der Waals surface area contributed by atoms with Crippen LogP contribution in [0.3, 0.4) is 0 Å². The molecule has 2 fully saturated rings. The molecular formula is C21H31NO5S. The average molecular weight is 410 g/mol. The minimum absolute atomic E-state index is 0.00795. The number of hydrogen-bond donors (Lipinski definition) is 0. The molecule has 0 amide bonds. The zero-order chi connectivity index (χ0) is 20.0. The van der Waals surface area contributed by atoms with Gasteiger partial charge in [-0.25, -0.2) is 12.7 Å². The summed E-state index contributed by atoms with van der Waals surface area (Å²) in [5.41, 5.74) is 0.136. The van der Waals surface area contributed by atoms with Crippen molar-refractivity contribution in [2.24, 2.45) is 5.41 Å². The van der Waals surface area contributed by atoms with Crippen molar-refractivity contribution in [2.45, 2.75) is 57.3 Å². The van der Waals surface area contributed by atoms with Gasteiger partial charge in [0.25, 0.3) is 0 Å². The van der Waals surface area contributed by atoms with Crippen LogP contribution in [-0.4, -0.2) is 51.1 Å². The SMILES string of the molecule is CCOC(=O)C1(C[C@H]2CCCCO2)CCN(S(=O)(=O)Cc2ccccc2)CC1. The minimum Gasteiger partial charge on any atom is -0.466 e. The van der Waals surface area contributed by atoms with Crippen LogP contribution in [0.2, 0.25) is 0 Å². The molecule has 0 saturated carbocycles. The Bertz CT molecular complexity index is 735. The first-order valence-corrected chi connectivity index (χ1v) is 11.9. The molecule has 0 radical (unpaired) electrons. The quantitative estimate of drug-likeness (QED) is 0.647. The van der Waals surface area contributed by atoms with Crippen LogP contribution in [0, 0.1) is 5.41 Å². The second-order valence-electron chi connectivity index (χ2n) is 7.83. The van der Waals surface area contributed by atoms with Gasteiger partial charge in [0.1, 0.15) is 0 Å². The van der Waals surface area contributed by atoms with Crippen molar-refractivity contribution < 1.29 is 22.7 Å². The Morgan fingerprint density at radius 1 is 1.21 bits per heavy atom. The molecule has 0 N–H and O–H groups in total. The van der Waals surface area contributed by atoms with Crippen LogP contribution in [0.15, 0.2) is 30.3 Å². The van der Waals surface area contributed by atoms with Gasteiger partial charge >= 0.3 is 5.97 Å². The maximum absolute atomic E-state index is 12.8. The number of hydrogen-bond acceptors (Lipinski definition) is 5. The van der Waals surface area contributed by atoms with Crippen LogP contribution in [0.1, 0.15) is 51.0 Å². The fraction of sp³-hybridized carbons (Fsp3) is 0.667. The van der Waals surface area contributed by atoms with Gasteiger partial charge in [-0.15, -0.1) is 0 Å². The summed E-state index contributed by atoms with van der Waals surface area (Å²) >= 11 is 0. The highest BCUT2D eigenvalue weighted by atomic mass is 32.2. The fourth-order valence-corrected chi connectivity index (χ4v) is 5.78. The molecule has 0 aromatic heterocycles. The molecule has 156 valence electrons. The molecule has 0 unspecified atom stereocenters. The molecule has 1 aromatic rings. The van der Waals surface area contributed by atoms with E-state index in [0.717, 1.165) is 31.4 Å². The van der Waals surface area contributed by atoms with Crippen LogP contribution in [0.25, 0.3) is 0 Å². The van der Waals surface area contributed by atoms with Crippen LogP contribution < -0.4 is 0 Å². The topological polar surface area (TPSA) is 72.9 Å². The molecule has 2 heterocycles. The van der Waals surface area contributed by atoms with E-state index in [4.69, 9.17) is 9.47 Å². The summed E-state index contributed by atoms with van der Waals surface area (Å²) in [5.74, 6) is -0.212. The number of benzene rings is 1. The molecule has 3 rings (SSSR count). The Balaban J connectivity index is 1.68. The van der Waals surface area contributed by atoms with Gasteiger partial charge in [0, 0.05) is 19.7 Å². The van der Waals surface area contributed by atoms with E-state index in [2.05, 4.69) is 0 Å². The second kappa shape index (κ2) is 9.37. The fourth-order valence-electron chi connectivity index (χ4n) is 4.25. The molecule has 0 spiro atoms. The highest BCUT2D eigenvalue weighted by Crippen LogP contribution is 2.40. The molecule has 2 saturated heterocycles. The maximum atomic E-state index is 12.8. The van der Waals surface area contributed by atoms with Crippen molar-refractivity contribution in [3.63, 3.8) is 0 Å². The van der Waals surface area contributed by atoms with Crippen molar-refractivity contribution in [3.8, 4) is 0 Å². The van der Waals surface area contributed by atoms with Gasteiger partial charge in [0.05, 0.1) is 23.9 Å². The van der Waals surface area contributed by atoms with E-state index in [9.17, 15) is 13.2 Å². The molecule has 0 bridgehead atoms. The van der Waals surface area contributed by atoms with E-state index < -0.39 is 15.4 Å². The van der Waals surface area contributed by atoms with E-state index in [1.807, 2.05) is 37.3 Å². The van der Waals surface area contributed by atoms with Crippen LogP contribution in [-0.2, 0) is 30.0 Å². The number of nitrogens with zero attached hydrogens (tertiary/aromatic N) is 1. The molecule has 1 aromatic carbocycles. The minimum atomic E-state index is -3.41. The largest absolute Gasteiger partial charge is 0.466 e. The Labute approximate surface area is 168 Å². The molecular weight excluding hydrogens is 378 g/mol. The summed E-state index contributed by atoms with van der Waals surface area (Å²) < 4.78 is 38.4. The first-order chi connectivity index (χ1) is 13.5. The van der Waals surface area contributed by atoms with Crippen LogP contribution in [0.5, 0.6) is 0 Å². The predicted octanol–water partition coefficient (Wildman–Crippen LogP) is 3.12. The third kappa shape index (κ3) is 5.13. The Kier molecular flexibility index (Phi) is 7.12. The lowest BCUT2D eigenvalue weighted by Gasteiger charge is -2.41. The summed E-state index contributed by atoms with van der Waals surface area (Å²) in [5, 5.41) is 0. The zero-order valence-corrected chi connectivity index (χ0v) is 17.5. The highest BCUT2D eigenvalue weighted by Gasteiger charge is 2.46. The number of rotatable bonds is 7. The lowest BCUT2D eigenvalue weighted by atomic mass is 9.73. The van der Waals surface area contributed by atoms with E-state index >= 15 is 0 Å². The number of piperidine rings is 1. The maximum Gasteiger partial charge on any atom is 0.312 e. The van der Waals surface area contributed by atoms with Gasteiger partial charge in [0.15, 0.2) is 0 Å². The predicted molar refractivity (Wildman–Crippen MR) is 107 cm³/mol. The Morgan fingerprint density at radius 2 is 1.93 bits per heavy atom. The Morgan fingerprint density at radius 3 is 2.54 bits per heavy atom. The summed E-state index contributed by atoms with van der Waals surface area (Å²) in [4.78, 5) is 12.8. The van der Waals surface area contributed by atoms with Gasteiger partial charge in [0.2, 0.25) is 10.0 Å². The standard InChI is InChI=1S/C21H31NO5S/c1-2-26-20(23)21(16-19-10-6-7-15-27-19)11-13-22(14-12-21)28(24,25)17-18-8-4-3-5-9-18/h3-5,8-9,19H,2,6-7,10-17H2,1H3/t19-/m1/s1. The van der Waals surface area contributed by atoms with E-state index in [-0.39, 0.29) is 17.8 Å². The number of ether oxygens (including phenoxy) is 2. The van der Waals surface area contributed by atoms with Crippen molar-refractivity contribution >= 4 is 16.0 Å². The van der Waals surface area contributed by atoms with Crippen LogP contribution >= 0.6 is 0 Å². The monoisotopic (exact) mass is 409 g/mol. The Hall–Kier alpha value is -1.44. The molecule has 7 heteroatoms. The third-order valence-corrected chi connectivity index (χ3v) is 7.72. The summed E-state index contributed by atoms with van der Waals surface area (Å²) in [7, 11) is -3.41. The van der Waals surface area contributed by atoms with Gasteiger partial charge in [-0.2, -0.15) is 0 Å². The van der Waals surface area contributed by atoms with E-state index in [1.54, 1.807) is 0 Å². The molecule has 1 atom stereocenters. The summed E-state index contributed by atoms with van der Waals surface area (Å²) in [6.07, 6.45) is 4.79. The first-order valence-electron chi connectivity index (χ1n) is 10.3. The smallest absolute Gasteiger partial charge is 0.312 e. The van der Waals surface area contributed by atoms with Crippen molar-refractivity contribution in [2.75, 3.05) is 26.3 Å². The number of carbonyl (C=O) groups excluding carboxylic acids is 1. The number of carbonyl (C=O) groups is 1. The van der Waals surface area contributed by atoms with Gasteiger partial charge < -0.3 is 9.47 Å².